The van der Waals surface area contributed by atoms with Crippen molar-refractivity contribution in [2.75, 3.05) is 0 Å². The molecule has 0 bridgehead atoms. The molecule has 0 spiro atoms. The first-order chi connectivity index (χ1) is 17.8. The fraction of sp³-hybridized carbons (Fsp3) is 0.250. The fourth-order valence-electron chi connectivity index (χ4n) is 4.41. The molecule has 0 fully saturated rings. The second-order valence-electron chi connectivity index (χ2n) is 8.70. The highest BCUT2D eigenvalue weighted by Gasteiger charge is 2.31. The third kappa shape index (κ3) is 5.13. The van der Waals surface area contributed by atoms with Gasteiger partial charge in [0.15, 0.2) is 4.90 Å². The number of unbranched alkanes of at least 4 members (excludes halogenated alkanes) is 1. The lowest BCUT2D eigenvalue weighted by Gasteiger charge is -2.25. The zero-order valence-electron chi connectivity index (χ0n) is 20.7. The van der Waals surface area contributed by atoms with Crippen molar-refractivity contribution in [1.82, 2.24) is 14.1 Å². The molecule has 1 unspecified atom stereocenters. The summed E-state index contributed by atoms with van der Waals surface area (Å²) in [5.74, 6) is -0.275. The predicted molar refractivity (Wildman–Crippen MR) is 141 cm³/mol. The molecule has 0 aliphatic carbocycles. The number of nitrogens with zero attached hydrogens (tertiary/aromatic N) is 3. The van der Waals surface area contributed by atoms with Crippen LogP contribution in [0.2, 0.25) is 0 Å². The van der Waals surface area contributed by atoms with Crippen LogP contribution in [-0.4, -0.2) is 27.6 Å². The molecule has 8 nitrogen and oxygen atoms in total. The maximum Gasteiger partial charge on any atom is 0.296 e. The Morgan fingerprint density at radius 3 is 2.22 bits per heavy atom. The Bertz CT molecular complexity index is 1610. The summed E-state index contributed by atoms with van der Waals surface area (Å²) in [6.45, 7) is 3.93. The van der Waals surface area contributed by atoms with Gasteiger partial charge >= 0.3 is 0 Å². The van der Waals surface area contributed by atoms with Crippen LogP contribution in [0, 0.1) is 0 Å². The summed E-state index contributed by atoms with van der Waals surface area (Å²) in [6, 6.07) is 19.3. The Morgan fingerprint density at radius 1 is 0.919 bits per heavy atom. The highest BCUT2D eigenvalue weighted by molar-refractivity contribution is 7.91. The molecule has 192 valence electrons. The van der Waals surface area contributed by atoms with Crippen molar-refractivity contribution >= 4 is 9.84 Å². The van der Waals surface area contributed by atoms with Crippen molar-refractivity contribution < 1.29 is 13.5 Å². The molecule has 2 aromatic carbocycles. The van der Waals surface area contributed by atoms with Crippen molar-refractivity contribution in [2.45, 2.75) is 55.4 Å². The number of sulfone groups is 1. The monoisotopic (exact) mass is 519 g/mol. The molecule has 4 rings (SSSR count). The summed E-state index contributed by atoms with van der Waals surface area (Å²) in [7, 11) is -4.43. The minimum absolute atomic E-state index is 0.185. The predicted octanol–water partition coefficient (Wildman–Crippen LogP) is 4.27. The molecule has 0 aliphatic rings. The van der Waals surface area contributed by atoms with Crippen LogP contribution in [0.3, 0.4) is 0 Å². The summed E-state index contributed by atoms with van der Waals surface area (Å²) in [6.07, 6.45) is 4.10. The zero-order valence-corrected chi connectivity index (χ0v) is 21.6. The molecule has 0 saturated carbocycles. The minimum atomic E-state index is -4.43. The lowest BCUT2D eigenvalue weighted by atomic mass is 10.0. The van der Waals surface area contributed by atoms with Gasteiger partial charge in [0.05, 0.1) is 10.9 Å². The molecular formula is C28H29N3O5S. The molecule has 4 aromatic rings. The number of pyridine rings is 1. The smallest absolute Gasteiger partial charge is 0.296 e. The molecule has 0 saturated heterocycles. The van der Waals surface area contributed by atoms with E-state index in [9.17, 15) is 23.1 Å². The standard InChI is InChI=1S/C28H29N3O5S/c1-3-5-13-24-29-27(33)26(28(34)31(24)23(4-2)20-11-7-6-8-12-20)37(35,36)22-17-15-21(16-18-22)30-19-10-9-14-25(30)32/h6-12,14-19,23,34H,3-5,13H2,1-2H3. The van der Waals surface area contributed by atoms with Crippen LogP contribution in [0.4, 0.5) is 0 Å². The molecule has 0 radical (unpaired) electrons. The van der Waals surface area contributed by atoms with E-state index >= 15 is 0 Å². The second kappa shape index (κ2) is 11.0. The average molecular weight is 520 g/mol. The second-order valence-corrected chi connectivity index (χ2v) is 10.6. The first-order valence-electron chi connectivity index (χ1n) is 12.2. The summed E-state index contributed by atoms with van der Waals surface area (Å²) in [4.78, 5) is 28.4. The summed E-state index contributed by atoms with van der Waals surface area (Å²) < 4.78 is 30.1. The van der Waals surface area contributed by atoms with Gasteiger partial charge in [-0.2, -0.15) is 4.98 Å². The van der Waals surface area contributed by atoms with Crippen LogP contribution in [0.1, 0.15) is 50.5 Å². The molecule has 0 amide bonds. The number of hydrogen-bond acceptors (Lipinski definition) is 6. The molecule has 2 heterocycles. The molecule has 1 N–H and O–H groups in total. The quantitative estimate of drug-likeness (QED) is 0.353. The van der Waals surface area contributed by atoms with Crippen LogP contribution in [0.5, 0.6) is 5.88 Å². The van der Waals surface area contributed by atoms with Crippen molar-refractivity contribution in [2.24, 2.45) is 0 Å². The van der Waals surface area contributed by atoms with E-state index in [0.717, 1.165) is 18.4 Å². The van der Waals surface area contributed by atoms with Gasteiger partial charge in [0.1, 0.15) is 5.82 Å². The Balaban J connectivity index is 1.87. The Labute approximate surface area is 215 Å². The highest BCUT2D eigenvalue weighted by atomic mass is 32.2. The topological polar surface area (TPSA) is 111 Å². The zero-order chi connectivity index (χ0) is 26.6. The number of benzene rings is 2. The molecule has 9 heteroatoms. The van der Waals surface area contributed by atoms with E-state index in [0.29, 0.717) is 24.4 Å². The molecule has 2 aromatic heterocycles. The van der Waals surface area contributed by atoms with Crippen molar-refractivity contribution in [3.63, 3.8) is 0 Å². The van der Waals surface area contributed by atoms with Gasteiger partial charge in [-0.3, -0.25) is 18.7 Å². The Hall–Kier alpha value is -3.98. The van der Waals surface area contributed by atoms with Gasteiger partial charge in [-0.15, -0.1) is 0 Å². The van der Waals surface area contributed by atoms with E-state index in [1.165, 1.54) is 39.5 Å². The maximum absolute atomic E-state index is 13.6. The lowest BCUT2D eigenvalue weighted by Crippen LogP contribution is -2.27. The van der Waals surface area contributed by atoms with E-state index < -0.39 is 32.2 Å². The van der Waals surface area contributed by atoms with E-state index in [2.05, 4.69) is 4.98 Å². The van der Waals surface area contributed by atoms with E-state index in [4.69, 9.17) is 0 Å². The largest absolute Gasteiger partial charge is 0.493 e. The van der Waals surface area contributed by atoms with E-state index in [1.807, 2.05) is 44.2 Å². The first kappa shape index (κ1) is 26.1. The molecule has 1 atom stereocenters. The van der Waals surface area contributed by atoms with Gasteiger partial charge < -0.3 is 5.11 Å². The van der Waals surface area contributed by atoms with Crippen molar-refractivity contribution in [1.29, 1.82) is 0 Å². The third-order valence-electron chi connectivity index (χ3n) is 6.29. The van der Waals surface area contributed by atoms with E-state index in [-0.39, 0.29) is 10.5 Å². The average Bonchev–Trinajstić information content (AvgIpc) is 2.90. The Kier molecular flexibility index (Phi) is 7.73. The summed E-state index contributed by atoms with van der Waals surface area (Å²) in [5.41, 5.74) is 0.0713. The fourth-order valence-corrected chi connectivity index (χ4v) is 5.75. The van der Waals surface area contributed by atoms with Gasteiger partial charge in [0, 0.05) is 24.4 Å². The van der Waals surface area contributed by atoms with Gasteiger partial charge in [-0.1, -0.05) is 56.7 Å². The number of aromatic hydroxyl groups is 1. The number of hydrogen-bond donors (Lipinski definition) is 1. The van der Waals surface area contributed by atoms with Crippen LogP contribution in [0.15, 0.2) is 98.4 Å². The minimum Gasteiger partial charge on any atom is -0.493 e. The van der Waals surface area contributed by atoms with Crippen LogP contribution < -0.4 is 11.1 Å². The van der Waals surface area contributed by atoms with Crippen molar-refractivity contribution in [3.05, 3.63) is 111 Å². The van der Waals surface area contributed by atoms with Gasteiger partial charge in [-0.05, 0) is 48.7 Å². The Morgan fingerprint density at radius 2 is 1.59 bits per heavy atom. The third-order valence-corrected chi connectivity index (χ3v) is 8.07. The van der Waals surface area contributed by atoms with Crippen LogP contribution >= 0.6 is 0 Å². The summed E-state index contributed by atoms with van der Waals surface area (Å²) in [5, 5.41) is 11.4. The van der Waals surface area contributed by atoms with Gasteiger partial charge in [0.2, 0.25) is 15.7 Å². The van der Waals surface area contributed by atoms with Gasteiger partial charge in [-0.25, -0.2) is 8.42 Å². The lowest BCUT2D eigenvalue weighted by molar-refractivity contribution is 0.358. The molecule has 37 heavy (non-hydrogen) atoms. The van der Waals surface area contributed by atoms with Gasteiger partial charge in [0.25, 0.3) is 11.1 Å². The molecular weight excluding hydrogens is 490 g/mol. The highest BCUT2D eigenvalue weighted by Crippen LogP contribution is 2.33. The first-order valence-corrected chi connectivity index (χ1v) is 13.7. The van der Waals surface area contributed by atoms with Crippen LogP contribution in [-0.2, 0) is 16.3 Å². The van der Waals surface area contributed by atoms with Crippen LogP contribution in [0.25, 0.3) is 5.69 Å². The molecule has 0 aliphatic heterocycles. The van der Waals surface area contributed by atoms with E-state index in [1.54, 1.807) is 18.3 Å². The number of aryl methyl sites for hydroxylation is 1. The SMILES string of the molecule is CCCCc1nc(=O)c(S(=O)(=O)c2ccc(-n3ccccc3=O)cc2)c(O)n1C(CC)c1ccccc1. The number of rotatable bonds is 9. The maximum atomic E-state index is 13.6. The normalized spacial score (nSPS) is 12.4. The summed E-state index contributed by atoms with van der Waals surface area (Å²) >= 11 is 0. The number of aromatic nitrogens is 3. The van der Waals surface area contributed by atoms with Crippen molar-refractivity contribution in [3.8, 4) is 11.6 Å².